The maximum absolute atomic E-state index is 6.34. The van der Waals surface area contributed by atoms with Crippen molar-refractivity contribution >= 4 is 11.6 Å². The number of methoxy groups -OCH3 is 1. The molecule has 0 N–H and O–H groups in total. The SMILES string of the molecule is COc1ccccc1C(c1ccccc1Cl)N(C)C. The van der Waals surface area contributed by atoms with Gasteiger partial charge in [-0.2, -0.15) is 0 Å². The summed E-state index contributed by atoms with van der Waals surface area (Å²) in [6, 6.07) is 16.0. The van der Waals surface area contributed by atoms with Crippen molar-refractivity contribution in [2.75, 3.05) is 21.2 Å². The van der Waals surface area contributed by atoms with Gasteiger partial charge in [0.2, 0.25) is 0 Å². The molecule has 2 aromatic rings. The minimum absolute atomic E-state index is 0.0739. The number of ether oxygens (including phenoxy) is 1. The van der Waals surface area contributed by atoms with E-state index >= 15 is 0 Å². The lowest BCUT2D eigenvalue weighted by Crippen LogP contribution is -2.22. The van der Waals surface area contributed by atoms with E-state index in [1.165, 1.54) is 0 Å². The van der Waals surface area contributed by atoms with E-state index in [4.69, 9.17) is 16.3 Å². The summed E-state index contributed by atoms with van der Waals surface area (Å²) in [5.41, 5.74) is 2.20. The van der Waals surface area contributed by atoms with Gasteiger partial charge in [0.05, 0.1) is 13.2 Å². The monoisotopic (exact) mass is 275 g/mol. The molecule has 0 aromatic heterocycles. The number of hydrogen-bond donors (Lipinski definition) is 0. The smallest absolute Gasteiger partial charge is 0.123 e. The van der Waals surface area contributed by atoms with Gasteiger partial charge in [0.1, 0.15) is 5.75 Å². The van der Waals surface area contributed by atoms with Gasteiger partial charge >= 0.3 is 0 Å². The average Bonchev–Trinajstić information content (AvgIpc) is 2.41. The highest BCUT2D eigenvalue weighted by Crippen LogP contribution is 2.36. The second-order valence-electron chi connectivity index (χ2n) is 4.63. The molecule has 2 rings (SSSR count). The summed E-state index contributed by atoms with van der Waals surface area (Å²) < 4.78 is 5.47. The van der Waals surface area contributed by atoms with Gasteiger partial charge in [-0.1, -0.05) is 48.0 Å². The lowest BCUT2D eigenvalue weighted by atomic mass is 9.97. The number of rotatable bonds is 4. The molecular weight excluding hydrogens is 258 g/mol. The van der Waals surface area contributed by atoms with Gasteiger partial charge in [0.25, 0.3) is 0 Å². The molecule has 19 heavy (non-hydrogen) atoms. The van der Waals surface area contributed by atoms with Gasteiger partial charge in [-0.05, 0) is 31.8 Å². The first kappa shape index (κ1) is 13.9. The highest BCUT2D eigenvalue weighted by Gasteiger charge is 2.21. The molecule has 0 radical (unpaired) electrons. The molecule has 0 fully saturated rings. The van der Waals surface area contributed by atoms with Crippen molar-refractivity contribution in [3.05, 3.63) is 64.7 Å². The number of para-hydroxylation sites is 1. The standard InChI is InChI=1S/C16H18ClNO/c1-18(2)16(12-8-4-6-10-14(12)17)13-9-5-7-11-15(13)19-3/h4-11,16H,1-3H3. The summed E-state index contributed by atoms with van der Waals surface area (Å²) in [6.07, 6.45) is 0. The van der Waals surface area contributed by atoms with Gasteiger partial charge in [-0.3, -0.25) is 4.90 Å². The molecule has 0 aliphatic carbocycles. The fourth-order valence-corrected chi connectivity index (χ4v) is 2.55. The van der Waals surface area contributed by atoms with E-state index in [9.17, 15) is 0 Å². The van der Waals surface area contributed by atoms with E-state index in [-0.39, 0.29) is 6.04 Å². The largest absolute Gasteiger partial charge is 0.496 e. The topological polar surface area (TPSA) is 12.5 Å². The number of nitrogens with zero attached hydrogens (tertiary/aromatic N) is 1. The zero-order valence-corrected chi connectivity index (χ0v) is 12.2. The van der Waals surface area contributed by atoms with E-state index in [0.29, 0.717) is 0 Å². The lowest BCUT2D eigenvalue weighted by Gasteiger charge is -2.27. The van der Waals surface area contributed by atoms with Gasteiger partial charge < -0.3 is 4.74 Å². The van der Waals surface area contributed by atoms with Crippen molar-refractivity contribution in [3.63, 3.8) is 0 Å². The van der Waals surface area contributed by atoms with Crippen LogP contribution in [0, 0.1) is 0 Å². The average molecular weight is 276 g/mol. The van der Waals surface area contributed by atoms with Gasteiger partial charge in [0.15, 0.2) is 0 Å². The maximum Gasteiger partial charge on any atom is 0.123 e. The predicted molar refractivity (Wildman–Crippen MR) is 80.0 cm³/mol. The molecule has 1 unspecified atom stereocenters. The van der Waals surface area contributed by atoms with Crippen molar-refractivity contribution in [2.45, 2.75) is 6.04 Å². The Balaban J connectivity index is 2.56. The summed E-state index contributed by atoms with van der Waals surface area (Å²) in [6.45, 7) is 0. The molecule has 0 aliphatic heterocycles. The Morgan fingerprint density at radius 1 is 0.947 bits per heavy atom. The van der Waals surface area contributed by atoms with E-state index in [1.807, 2.05) is 50.5 Å². The highest BCUT2D eigenvalue weighted by atomic mass is 35.5. The fourth-order valence-electron chi connectivity index (χ4n) is 2.31. The van der Waals surface area contributed by atoms with Crippen LogP contribution in [0.2, 0.25) is 5.02 Å². The summed E-state index contributed by atoms with van der Waals surface area (Å²) in [5.74, 6) is 0.876. The fraction of sp³-hybridized carbons (Fsp3) is 0.250. The summed E-state index contributed by atoms with van der Waals surface area (Å²) in [5, 5.41) is 0.770. The minimum Gasteiger partial charge on any atom is -0.496 e. The van der Waals surface area contributed by atoms with E-state index in [0.717, 1.165) is 21.9 Å². The summed E-state index contributed by atoms with van der Waals surface area (Å²) in [4.78, 5) is 2.14. The Bertz CT molecular complexity index is 554. The van der Waals surface area contributed by atoms with Crippen LogP contribution in [0.15, 0.2) is 48.5 Å². The van der Waals surface area contributed by atoms with Crippen LogP contribution in [0.25, 0.3) is 0 Å². The summed E-state index contributed by atoms with van der Waals surface area (Å²) >= 11 is 6.34. The quantitative estimate of drug-likeness (QED) is 0.836. The second-order valence-corrected chi connectivity index (χ2v) is 5.04. The normalized spacial score (nSPS) is 12.5. The van der Waals surface area contributed by atoms with Crippen LogP contribution in [0.4, 0.5) is 0 Å². The maximum atomic E-state index is 6.34. The highest BCUT2D eigenvalue weighted by molar-refractivity contribution is 6.31. The third-order valence-electron chi connectivity index (χ3n) is 3.15. The molecule has 0 heterocycles. The molecule has 2 nitrogen and oxygen atoms in total. The minimum atomic E-state index is 0.0739. The second kappa shape index (κ2) is 6.09. The molecule has 2 aromatic carbocycles. The van der Waals surface area contributed by atoms with Crippen molar-refractivity contribution in [1.29, 1.82) is 0 Å². The molecule has 0 amide bonds. The molecular formula is C16H18ClNO. The van der Waals surface area contributed by atoms with Crippen molar-refractivity contribution in [2.24, 2.45) is 0 Å². The Hall–Kier alpha value is -1.51. The van der Waals surface area contributed by atoms with Gasteiger partial charge in [0, 0.05) is 10.6 Å². The number of hydrogen-bond acceptors (Lipinski definition) is 2. The molecule has 0 saturated carbocycles. The van der Waals surface area contributed by atoms with E-state index in [1.54, 1.807) is 7.11 Å². The number of halogens is 1. The molecule has 0 aliphatic rings. The molecule has 3 heteroatoms. The van der Waals surface area contributed by atoms with Gasteiger partial charge in [-0.15, -0.1) is 0 Å². The first-order valence-electron chi connectivity index (χ1n) is 6.19. The van der Waals surface area contributed by atoms with E-state index in [2.05, 4.69) is 17.0 Å². The first-order chi connectivity index (χ1) is 9.15. The van der Waals surface area contributed by atoms with E-state index < -0.39 is 0 Å². The van der Waals surface area contributed by atoms with Crippen molar-refractivity contribution in [1.82, 2.24) is 4.90 Å². The Kier molecular flexibility index (Phi) is 4.46. The van der Waals surface area contributed by atoms with Crippen LogP contribution in [0.5, 0.6) is 5.75 Å². The lowest BCUT2D eigenvalue weighted by molar-refractivity contribution is 0.327. The Morgan fingerprint density at radius 3 is 2.11 bits per heavy atom. The Morgan fingerprint density at radius 2 is 1.53 bits per heavy atom. The zero-order chi connectivity index (χ0) is 13.8. The number of benzene rings is 2. The Labute approximate surface area is 119 Å². The molecule has 0 bridgehead atoms. The van der Waals surface area contributed by atoms with Crippen LogP contribution in [-0.4, -0.2) is 26.1 Å². The third-order valence-corrected chi connectivity index (χ3v) is 3.49. The van der Waals surface area contributed by atoms with Gasteiger partial charge in [-0.25, -0.2) is 0 Å². The van der Waals surface area contributed by atoms with Crippen LogP contribution < -0.4 is 4.74 Å². The van der Waals surface area contributed by atoms with Crippen molar-refractivity contribution in [3.8, 4) is 5.75 Å². The predicted octanol–water partition coefficient (Wildman–Crippen LogP) is 4.00. The molecule has 0 saturated heterocycles. The van der Waals surface area contributed by atoms with Crippen molar-refractivity contribution < 1.29 is 4.74 Å². The molecule has 1 atom stereocenters. The first-order valence-corrected chi connectivity index (χ1v) is 6.56. The van der Waals surface area contributed by atoms with Crippen LogP contribution in [0.3, 0.4) is 0 Å². The molecule has 100 valence electrons. The summed E-state index contributed by atoms with van der Waals surface area (Å²) in [7, 11) is 5.78. The van der Waals surface area contributed by atoms with Crippen LogP contribution in [-0.2, 0) is 0 Å². The molecule has 0 spiro atoms. The zero-order valence-electron chi connectivity index (χ0n) is 11.4. The van der Waals surface area contributed by atoms with Crippen LogP contribution >= 0.6 is 11.6 Å². The van der Waals surface area contributed by atoms with Crippen LogP contribution in [0.1, 0.15) is 17.2 Å². The third kappa shape index (κ3) is 2.91.